The molecule has 0 amide bonds. The van der Waals surface area contributed by atoms with Crippen LogP contribution in [-0.2, 0) is 0 Å². The molecule has 0 unspecified atom stereocenters. The Morgan fingerprint density at radius 3 is 1.36 bits per heavy atom. The molecule has 0 atom stereocenters. The summed E-state index contributed by atoms with van der Waals surface area (Å²) in [6.45, 7) is 0. The Labute approximate surface area is 388 Å². The van der Waals surface area contributed by atoms with Gasteiger partial charge in [-0.3, -0.25) is 0 Å². The van der Waals surface area contributed by atoms with Gasteiger partial charge in [0.05, 0.1) is 11.0 Å². The number of fused-ring (bicyclic) bond motifs is 7. The minimum absolute atomic E-state index is 0.898. The van der Waals surface area contributed by atoms with Gasteiger partial charge in [0.15, 0.2) is 0 Å². The molecule has 0 aliphatic rings. The SMILES string of the molecule is c1cc(-c2ccc(N(c3ccc(-c4ccc5c(c4)oc4ccccc45)cc3)c3ccc(-c4cccc5ccccc45)cc3)cc2)cc(-c2ccc(-n3c4ccccc4c4ccccc43)cc2)c1. The molecule has 0 aliphatic carbocycles. The fraction of sp³-hybridized carbons (Fsp3) is 0. The molecule has 0 aliphatic heterocycles. The number of para-hydroxylation sites is 3. The molecule has 3 heteroatoms. The zero-order chi connectivity index (χ0) is 44.3. The zero-order valence-corrected chi connectivity index (χ0v) is 36.6. The summed E-state index contributed by atoms with van der Waals surface area (Å²) in [4.78, 5) is 2.35. The van der Waals surface area contributed by atoms with Crippen LogP contribution in [0.4, 0.5) is 17.1 Å². The van der Waals surface area contributed by atoms with Crippen molar-refractivity contribution in [1.29, 1.82) is 0 Å². The molecular weight excluding hydrogens is 813 g/mol. The minimum Gasteiger partial charge on any atom is -0.456 e. The number of hydrogen-bond donors (Lipinski definition) is 0. The van der Waals surface area contributed by atoms with E-state index in [1.54, 1.807) is 0 Å². The van der Waals surface area contributed by atoms with Gasteiger partial charge in [-0.2, -0.15) is 0 Å². The van der Waals surface area contributed by atoms with E-state index in [1.807, 2.05) is 12.1 Å². The first-order valence-corrected chi connectivity index (χ1v) is 22.9. The highest BCUT2D eigenvalue weighted by atomic mass is 16.3. The predicted octanol–water partition coefficient (Wildman–Crippen LogP) is 18.0. The Kier molecular flexibility index (Phi) is 9.17. The molecule has 0 radical (unpaired) electrons. The second-order valence-corrected chi connectivity index (χ2v) is 17.3. The number of anilines is 3. The van der Waals surface area contributed by atoms with Crippen molar-refractivity contribution in [1.82, 2.24) is 4.57 Å². The summed E-state index contributed by atoms with van der Waals surface area (Å²) in [6, 6.07) is 91.9. The highest BCUT2D eigenvalue weighted by Gasteiger charge is 2.16. The lowest BCUT2D eigenvalue weighted by Crippen LogP contribution is -2.09. The van der Waals surface area contributed by atoms with E-state index in [-0.39, 0.29) is 0 Å². The second-order valence-electron chi connectivity index (χ2n) is 17.3. The van der Waals surface area contributed by atoms with Crippen molar-refractivity contribution >= 4 is 71.6 Å². The average Bonchev–Trinajstić information content (AvgIpc) is 3.95. The third-order valence-corrected chi connectivity index (χ3v) is 13.4. The Morgan fingerprint density at radius 1 is 0.284 bits per heavy atom. The highest BCUT2D eigenvalue weighted by molar-refractivity contribution is 6.09. The number of aromatic nitrogens is 1. The van der Waals surface area contributed by atoms with Crippen LogP contribution in [-0.4, -0.2) is 4.57 Å². The van der Waals surface area contributed by atoms with Crippen LogP contribution in [0.25, 0.3) is 105 Å². The number of furan rings is 1. The summed E-state index contributed by atoms with van der Waals surface area (Å²) in [5.41, 5.74) is 18.0. The van der Waals surface area contributed by atoms with Gasteiger partial charge in [-0.25, -0.2) is 0 Å². The molecule has 0 N–H and O–H groups in total. The molecule has 13 rings (SSSR count). The summed E-state index contributed by atoms with van der Waals surface area (Å²) >= 11 is 0. The largest absolute Gasteiger partial charge is 0.456 e. The Bertz CT molecular complexity index is 3890. The number of benzene rings is 11. The van der Waals surface area contributed by atoms with Crippen molar-refractivity contribution in [2.24, 2.45) is 0 Å². The summed E-state index contributed by atoms with van der Waals surface area (Å²) in [6.07, 6.45) is 0. The standard InChI is InChI=1S/C64H42N2O/c1-2-15-55-46(11-1)12-10-19-56(55)47-29-38-53(39-30-47)65(52-34-25-45(26-35-52)50-31-40-60-59-18-5-8-22-63(59)67-64(60)42-50)51-32-23-43(24-33-51)48-13-9-14-49(41-48)44-27-36-54(37-28-44)66-61-20-6-3-16-57(61)58-17-4-7-21-62(58)66/h1-42H. The van der Waals surface area contributed by atoms with Crippen molar-refractivity contribution in [3.05, 3.63) is 255 Å². The third-order valence-electron chi connectivity index (χ3n) is 13.4. The van der Waals surface area contributed by atoms with Crippen LogP contribution in [0.1, 0.15) is 0 Å². The zero-order valence-electron chi connectivity index (χ0n) is 36.6. The van der Waals surface area contributed by atoms with Crippen LogP contribution < -0.4 is 4.90 Å². The van der Waals surface area contributed by atoms with Crippen LogP contribution in [0.3, 0.4) is 0 Å². The molecule has 11 aromatic carbocycles. The quantitative estimate of drug-likeness (QED) is 0.152. The maximum absolute atomic E-state index is 6.26. The predicted molar refractivity (Wildman–Crippen MR) is 282 cm³/mol. The molecule has 0 saturated carbocycles. The smallest absolute Gasteiger partial charge is 0.136 e. The topological polar surface area (TPSA) is 21.3 Å². The lowest BCUT2D eigenvalue weighted by molar-refractivity contribution is 0.669. The monoisotopic (exact) mass is 854 g/mol. The van der Waals surface area contributed by atoms with Crippen LogP contribution in [0, 0.1) is 0 Å². The van der Waals surface area contributed by atoms with Gasteiger partial charge in [0.25, 0.3) is 0 Å². The van der Waals surface area contributed by atoms with Gasteiger partial charge < -0.3 is 13.9 Å². The molecule has 2 aromatic heterocycles. The molecule has 3 nitrogen and oxygen atoms in total. The number of rotatable bonds is 8. The van der Waals surface area contributed by atoms with Gasteiger partial charge in [0.1, 0.15) is 11.2 Å². The van der Waals surface area contributed by atoms with Crippen molar-refractivity contribution in [2.45, 2.75) is 0 Å². The normalized spacial score (nSPS) is 11.6. The van der Waals surface area contributed by atoms with Crippen molar-refractivity contribution in [3.8, 4) is 50.2 Å². The Morgan fingerprint density at radius 2 is 0.731 bits per heavy atom. The van der Waals surface area contributed by atoms with E-state index in [0.29, 0.717) is 0 Å². The lowest BCUT2D eigenvalue weighted by atomic mass is 9.97. The molecule has 13 aromatic rings. The van der Waals surface area contributed by atoms with E-state index in [2.05, 4.69) is 252 Å². The van der Waals surface area contributed by atoms with E-state index in [9.17, 15) is 0 Å². The molecule has 0 spiro atoms. The van der Waals surface area contributed by atoms with E-state index in [4.69, 9.17) is 4.42 Å². The van der Waals surface area contributed by atoms with Crippen LogP contribution in [0.5, 0.6) is 0 Å². The number of nitrogens with zero attached hydrogens (tertiary/aromatic N) is 2. The van der Waals surface area contributed by atoms with Gasteiger partial charge in [-0.15, -0.1) is 0 Å². The van der Waals surface area contributed by atoms with Crippen LogP contribution in [0.15, 0.2) is 259 Å². The first kappa shape index (κ1) is 38.5. The Balaban J connectivity index is 0.829. The molecule has 0 saturated heterocycles. The van der Waals surface area contributed by atoms with Gasteiger partial charge in [0, 0.05) is 44.3 Å². The maximum atomic E-state index is 6.26. The van der Waals surface area contributed by atoms with E-state index in [0.717, 1.165) is 61.4 Å². The Hall–Kier alpha value is -8.92. The summed E-state index contributed by atoms with van der Waals surface area (Å²) in [5.74, 6) is 0. The fourth-order valence-electron chi connectivity index (χ4n) is 10.1. The molecular formula is C64H42N2O. The van der Waals surface area contributed by atoms with Crippen LogP contribution in [0.2, 0.25) is 0 Å². The fourth-order valence-corrected chi connectivity index (χ4v) is 10.1. The van der Waals surface area contributed by atoms with E-state index < -0.39 is 0 Å². The molecule has 67 heavy (non-hydrogen) atoms. The van der Waals surface area contributed by atoms with Gasteiger partial charge in [0.2, 0.25) is 0 Å². The first-order chi connectivity index (χ1) is 33.2. The minimum atomic E-state index is 0.898. The molecule has 0 bridgehead atoms. The molecule has 2 heterocycles. The van der Waals surface area contributed by atoms with Crippen molar-refractivity contribution in [3.63, 3.8) is 0 Å². The summed E-state index contributed by atoms with van der Waals surface area (Å²) in [7, 11) is 0. The van der Waals surface area contributed by atoms with Gasteiger partial charge >= 0.3 is 0 Å². The highest BCUT2D eigenvalue weighted by Crippen LogP contribution is 2.40. The summed E-state index contributed by atoms with van der Waals surface area (Å²) < 4.78 is 8.63. The third kappa shape index (κ3) is 6.76. The van der Waals surface area contributed by atoms with Crippen molar-refractivity contribution in [2.75, 3.05) is 4.90 Å². The molecule has 0 fully saturated rings. The van der Waals surface area contributed by atoms with Gasteiger partial charge in [-0.05, 0) is 140 Å². The van der Waals surface area contributed by atoms with Gasteiger partial charge in [-0.1, -0.05) is 170 Å². The van der Waals surface area contributed by atoms with Crippen LogP contribution >= 0.6 is 0 Å². The number of hydrogen-bond acceptors (Lipinski definition) is 2. The second kappa shape index (κ2) is 16.0. The molecule has 314 valence electrons. The first-order valence-electron chi connectivity index (χ1n) is 22.9. The van der Waals surface area contributed by atoms with E-state index >= 15 is 0 Å². The maximum Gasteiger partial charge on any atom is 0.136 e. The van der Waals surface area contributed by atoms with Crippen molar-refractivity contribution < 1.29 is 4.42 Å². The average molecular weight is 855 g/mol. The lowest BCUT2D eigenvalue weighted by Gasteiger charge is -2.26. The van der Waals surface area contributed by atoms with E-state index in [1.165, 1.54) is 60.4 Å². The summed E-state index contributed by atoms with van der Waals surface area (Å²) in [5, 5.41) is 7.30.